The number of aromatic nitrogens is 1. The van der Waals surface area contributed by atoms with E-state index in [-0.39, 0.29) is 5.78 Å². The second-order valence-corrected chi connectivity index (χ2v) is 5.98. The number of ketones is 1. The van der Waals surface area contributed by atoms with E-state index in [1.165, 1.54) is 11.3 Å². The summed E-state index contributed by atoms with van der Waals surface area (Å²) in [6.45, 7) is 0. The molecular weight excluding hydrogens is 326 g/mol. The van der Waals surface area contributed by atoms with Crippen molar-refractivity contribution in [3.8, 4) is 0 Å². The van der Waals surface area contributed by atoms with E-state index in [9.17, 15) is 4.79 Å². The van der Waals surface area contributed by atoms with Crippen LogP contribution in [0.5, 0.6) is 0 Å². The maximum absolute atomic E-state index is 12.2. The van der Waals surface area contributed by atoms with Crippen LogP contribution in [0.15, 0.2) is 39.9 Å². The minimum Gasteiger partial charge on any atom is -0.369 e. The lowest BCUT2D eigenvalue weighted by molar-refractivity contribution is 0.104. The van der Waals surface area contributed by atoms with Crippen molar-refractivity contribution in [2.24, 2.45) is 4.99 Å². The van der Waals surface area contributed by atoms with Crippen LogP contribution < -0.4 is 0 Å². The summed E-state index contributed by atoms with van der Waals surface area (Å²) in [5.41, 5.74) is 0.648. The summed E-state index contributed by atoms with van der Waals surface area (Å²) < 4.78 is 0.949. The molecule has 19 heavy (non-hydrogen) atoms. The number of nitrogens with zero attached hydrogens (tertiary/aromatic N) is 3. The highest BCUT2D eigenvalue weighted by Gasteiger charge is 2.12. The van der Waals surface area contributed by atoms with Crippen LogP contribution in [0.4, 0.5) is 5.13 Å². The van der Waals surface area contributed by atoms with Gasteiger partial charge in [-0.1, -0.05) is 27.3 Å². The Hall–Kier alpha value is -1.53. The molecule has 0 bridgehead atoms. The summed E-state index contributed by atoms with van der Waals surface area (Å²) in [6, 6.07) is 7.27. The average Bonchev–Trinajstić information content (AvgIpc) is 2.85. The van der Waals surface area contributed by atoms with Gasteiger partial charge in [-0.3, -0.25) is 4.79 Å². The summed E-state index contributed by atoms with van der Waals surface area (Å²) in [6.07, 6.45) is 3.23. The predicted molar refractivity (Wildman–Crippen MR) is 81.5 cm³/mol. The first kappa shape index (κ1) is 13.9. The van der Waals surface area contributed by atoms with Crippen molar-refractivity contribution in [3.63, 3.8) is 0 Å². The summed E-state index contributed by atoms with van der Waals surface area (Å²) in [7, 11) is 3.76. The van der Waals surface area contributed by atoms with Crippen LogP contribution in [0, 0.1) is 0 Å². The van der Waals surface area contributed by atoms with Crippen LogP contribution in [0.3, 0.4) is 0 Å². The molecule has 1 heterocycles. The zero-order valence-corrected chi connectivity index (χ0v) is 12.9. The molecule has 0 saturated carbocycles. The summed E-state index contributed by atoms with van der Waals surface area (Å²) in [5.74, 6) is -0.0312. The lowest BCUT2D eigenvalue weighted by atomic mass is 10.1. The zero-order chi connectivity index (χ0) is 13.8. The molecule has 2 aromatic rings. The summed E-state index contributed by atoms with van der Waals surface area (Å²) in [4.78, 5) is 22.9. The van der Waals surface area contributed by atoms with E-state index < -0.39 is 0 Å². The summed E-state index contributed by atoms with van der Waals surface area (Å²) >= 11 is 4.63. The molecule has 0 N–H and O–H groups in total. The van der Waals surface area contributed by atoms with E-state index in [0.717, 1.165) is 4.47 Å². The van der Waals surface area contributed by atoms with Crippen molar-refractivity contribution in [3.05, 3.63) is 45.4 Å². The fourth-order valence-electron chi connectivity index (χ4n) is 1.34. The Morgan fingerprint density at radius 3 is 2.68 bits per heavy atom. The first-order valence-electron chi connectivity index (χ1n) is 5.53. The Labute approximate surface area is 123 Å². The maximum atomic E-state index is 12.2. The second kappa shape index (κ2) is 6.08. The highest BCUT2D eigenvalue weighted by Crippen LogP contribution is 2.23. The number of halogens is 1. The maximum Gasteiger partial charge on any atom is 0.211 e. The van der Waals surface area contributed by atoms with Crippen LogP contribution >= 0.6 is 27.3 Å². The van der Waals surface area contributed by atoms with E-state index in [2.05, 4.69) is 25.9 Å². The Morgan fingerprint density at radius 1 is 1.37 bits per heavy atom. The monoisotopic (exact) mass is 337 g/mol. The molecule has 2 rings (SSSR count). The fraction of sp³-hybridized carbons (Fsp3) is 0.154. The van der Waals surface area contributed by atoms with Gasteiger partial charge in [-0.15, -0.1) is 0 Å². The van der Waals surface area contributed by atoms with Crippen molar-refractivity contribution in [2.45, 2.75) is 0 Å². The molecule has 0 unspecified atom stereocenters. The number of benzene rings is 1. The number of thiazole rings is 1. The van der Waals surface area contributed by atoms with Crippen molar-refractivity contribution in [1.82, 2.24) is 9.88 Å². The van der Waals surface area contributed by atoms with Gasteiger partial charge in [0.1, 0.15) is 0 Å². The third-order valence-electron chi connectivity index (χ3n) is 2.22. The molecular formula is C13H12BrN3OS. The second-order valence-electron chi connectivity index (χ2n) is 4.05. The van der Waals surface area contributed by atoms with Gasteiger partial charge in [0.05, 0.1) is 17.4 Å². The number of rotatable bonds is 4. The molecule has 6 heteroatoms. The number of hydrogen-bond donors (Lipinski definition) is 0. The van der Waals surface area contributed by atoms with Gasteiger partial charge in [-0.2, -0.15) is 0 Å². The molecule has 4 nitrogen and oxygen atoms in total. The standard InChI is InChI=1S/C13H12BrN3OS/c1-17(2)8-16-13-15-7-11(19-13)12(18)9-3-5-10(14)6-4-9/h3-8H,1-2H3/b16-8+. The van der Waals surface area contributed by atoms with Gasteiger partial charge in [0.15, 0.2) is 0 Å². The third-order valence-corrected chi connectivity index (χ3v) is 3.66. The lowest BCUT2D eigenvalue weighted by Crippen LogP contribution is -2.06. The Morgan fingerprint density at radius 2 is 2.05 bits per heavy atom. The fourth-order valence-corrected chi connectivity index (χ4v) is 2.32. The van der Waals surface area contributed by atoms with Crippen LogP contribution in [-0.2, 0) is 0 Å². The number of aliphatic imine (C=N–C) groups is 1. The third kappa shape index (κ3) is 3.71. The van der Waals surface area contributed by atoms with Crippen molar-refractivity contribution < 1.29 is 4.79 Å². The normalized spacial score (nSPS) is 10.9. The Kier molecular flexibility index (Phi) is 4.44. The van der Waals surface area contributed by atoms with Gasteiger partial charge in [-0.05, 0) is 24.3 Å². The molecule has 0 spiro atoms. The smallest absolute Gasteiger partial charge is 0.211 e. The lowest BCUT2D eigenvalue weighted by Gasteiger charge is -1.99. The van der Waals surface area contributed by atoms with Gasteiger partial charge in [0.2, 0.25) is 10.9 Å². The number of carbonyl (C=O) groups is 1. The molecule has 0 aliphatic carbocycles. The molecule has 0 aliphatic heterocycles. The van der Waals surface area contributed by atoms with Crippen LogP contribution in [-0.4, -0.2) is 36.1 Å². The van der Waals surface area contributed by atoms with Crippen LogP contribution in [0.25, 0.3) is 0 Å². The van der Waals surface area contributed by atoms with Gasteiger partial charge < -0.3 is 4.90 Å². The SMILES string of the molecule is CN(C)/C=N/c1ncc(C(=O)c2ccc(Br)cc2)s1. The molecule has 98 valence electrons. The van der Waals surface area contributed by atoms with E-state index in [1.54, 1.807) is 24.7 Å². The largest absolute Gasteiger partial charge is 0.369 e. The molecule has 0 fully saturated rings. The highest BCUT2D eigenvalue weighted by atomic mass is 79.9. The first-order chi connectivity index (χ1) is 9.06. The molecule has 1 aromatic carbocycles. The molecule has 0 aliphatic rings. The van der Waals surface area contributed by atoms with Crippen LogP contribution in [0.2, 0.25) is 0 Å². The summed E-state index contributed by atoms with van der Waals surface area (Å²) in [5, 5.41) is 0.578. The van der Waals surface area contributed by atoms with Gasteiger partial charge in [0, 0.05) is 24.1 Å². The minimum atomic E-state index is -0.0312. The molecule has 1 aromatic heterocycles. The number of hydrogen-bond acceptors (Lipinski definition) is 4. The average molecular weight is 338 g/mol. The van der Waals surface area contributed by atoms with Gasteiger partial charge in [-0.25, -0.2) is 9.98 Å². The molecule has 0 atom stereocenters. The van der Waals surface area contributed by atoms with Crippen molar-refractivity contribution in [1.29, 1.82) is 0 Å². The first-order valence-corrected chi connectivity index (χ1v) is 7.14. The highest BCUT2D eigenvalue weighted by molar-refractivity contribution is 9.10. The Bertz CT molecular complexity index is 605. The van der Waals surface area contributed by atoms with Gasteiger partial charge >= 0.3 is 0 Å². The Balaban J connectivity index is 2.18. The van der Waals surface area contributed by atoms with Crippen LogP contribution in [0.1, 0.15) is 15.2 Å². The predicted octanol–water partition coefficient (Wildman–Crippen LogP) is 3.36. The molecule has 0 amide bonds. The van der Waals surface area contributed by atoms with Gasteiger partial charge in [0.25, 0.3) is 0 Å². The zero-order valence-electron chi connectivity index (χ0n) is 10.5. The van der Waals surface area contributed by atoms with Crippen molar-refractivity contribution >= 4 is 44.5 Å². The van der Waals surface area contributed by atoms with E-state index in [4.69, 9.17) is 0 Å². The van der Waals surface area contributed by atoms with E-state index in [1.807, 2.05) is 31.1 Å². The van der Waals surface area contributed by atoms with E-state index in [0.29, 0.717) is 15.6 Å². The molecule has 0 radical (unpaired) electrons. The quantitative estimate of drug-likeness (QED) is 0.488. The van der Waals surface area contributed by atoms with Crippen molar-refractivity contribution in [2.75, 3.05) is 14.1 Å². The minimum absolute atomic E-state index is 0.0312. The number of carbonyl (C=O) groups excluding carboxylic acids is 1. The molecule has 0 saturated heterocycles. The van der Waals surface area contributed by atoms with E-state index >= 15 is 0 Å². The topological polar surface area (TPSA) is 45.6 Å².